The van der Waals surface area contributed by atoms with E-state index >= 15 is 0 Å². The number of hydrogen-bond acceptors (Lipinski definition) is 2. The maximum Gasteiger partial charge on any atom is 0.224 e. The lowest BCUT2D eigenvalue weighted by Gasteiger charge is -2.10. The molecule has 0 bridgehead atoms. The molecule has 0 saturated carbocycles. The highest BCUT2D eigenvalue weighted by atomic mass is 35.5. The smallest absolute Gasteiger partial charge is 0.224 e. The third-order valence-electron chi connectivity index (χ3n) is 5.02. The van der Waals surface area contributed by atoms with E-state index in [2.05, 4.69) is 47.0 Å². The summed E-state index contributed by atoms with van der Waals surface area (Å²) in [6, 6.07) is 14.8. The number of hydrogen-bond donors (Lipinski definition) is 2. The molecule has 1 saturated heterocycles. The molecule has 2 aromatic carbocycles. The van der Waals surface area contributed by atoms with Gasteiger partial charge in [0.1, 0.15) is 0 Å². The third-order valence-corrected chi connectivity index (χ3v) is 5.02. The third kappa shape index (κ3) is 3.47. The van der Waals surface area contributed by atoms with Crippen LogP contribution in [0.1, 0.15) is 30.4 Å². The van der Waals surface area contributed by atoms with Crippen LogP contribution in [0.15, 0.2) is 42.5 Å². The summed E-state index contributed by atoms with van der Waals surface area (Å²) in [6.45, 7) is 2.15. The molecule has 1 amide bonds. The first kappa shape index (κ1) is 17.0. The minimum absolute atomic E-state index is 0. The van der Waals surface area contributed by atoms with Gasteiger partial charge in [0.15, 0.2) is 0 Å². The van der Waals surface area contributed by atoms with Gasteiger partial charge in [-0.25, -0.2) is 0 Å². The Bertz CT molecular complexity index is 738. The van der Waals surface area contributed by atoms with E-state index in [9.17, 15) is 4.79 Å². The number of halogens is 1. The van der Waals surface area contributed by atoms with Crippen LogP contribution in [0.2, 0.25) is 0 Å². The summed E-state index contributed by atoms with van der Waals surface area (Å²) in [5, 5.41) is 6.41. The largest absolute Gasteiger partial charge is 0.326 e. The van der Waals surface area contributed by atoms with Gasteiger partial charge < -0.3 is 10.6 Å². The van der Waals surface area contributed by atoms with Gasteiger partial charge in [-0.05, 0) is 72.7 Å². The first-order chi connectivity index (χ1) is 11.3. The predicted molar refractivity (Wildman–Crippen MR) is 101 cm³/mol. The summed E-state index contributed by atoms with van der Waals surface area (Å²) < 4.78 is 0. The van der Waals surface area contributed by atoms with Crippen molar-refractivity contribution in [3.8, 4) is 11.1 Å². The molecule has 4 rings (SSSR count). The number of amides is 1. The zero-order valence-corrected chi connectivity index (χ0v) is 14.5. The lowest BCUT2D eigenvalue weighted by Crippen LogP contribution is -2.15. The number of nitrogens with one attached hydrogen (secondary N) is 2. The Labute approximate surface area is 149 Å². The van der Waals surface area contributed by atoms with Crippen LogP contribution in [-0.4, -0.2) is 19.0 Å². The van der Waals surface area contributed by atoms with Crippen molar-refractivity contribution in [2.24, 2.45) is 5.92 Å². The Morgan fingerprint density at radius 3 is 2.79 bits per heavy atom. The second-order valence-corrected chi connectivity index (χ2v) is 6.65. The molecule has 1 atom stereocenters. The zero-order valence-electron chi connectivity index (χ0n) is 13.7. The molecule has 1 aliphatic heterocycles. The van der Waals surface area contributed by atoms with Crippen molar-refractivity contribution < 1.29 is 4.79 Å². The van der Waals surface area contributed by atoms with E-state index in [4.69, 9.17) is 0 Å². The summed E-state index contributed by atoms with van der Waals surface area (Å²) in [7, 11) is 0. The van der Waals surface area contributed by atoms with E-state index in [1.165, 1.54) is 28.7 Å². The van der Waals surface area contributed by atoms with Crippen molar-refractivity contribution in [2.75, 3.05) is 18.4 Å². The average Bonchev–Trinajstić information content (AvgIpc) is 3.20. The highest BCUT2D eigenvalue weighted by Gasteiger charge is 2.19. The Hall–Kier alpha value is -1.84. The highest BCUT2D eigenvalue weighted by Crippen LogP contribution is 2.37. The van der Waals surface area contributed by atoms with Crippen molar-refractivity contribution in [2.45, 2.75) is 25.7 Å². The Morgan fingerprint density at radius 2 is 1.96 bits per heavy atom. The maximum absolute atomic E-state index is 12.2. The normalized spacial score (nSPS) is 17.8. The van der Waals surface area contributed by atoms with Gasteiger partial charge in [-0.2, -0.15) is 0 Å². The molecule has 4 heteroatoms. The van der Waals surface area contributed by atoms with Gasteiger partial charge in [-0.15, -0.1) is 12.4 Å². The molecule has 0 spiro atoms. The van der Waals surface area contributed by atoms with Crippen LogP contribution in [0.3, 0.4) is 0 Å². The molecular formula is C20H23ClN2O. The molecule has 0 radical (unpaired) electrons. The van der Waals surface area contributed by atoms with Crippen LogP contribution < -0.4 is 10.6 Å². The van der Waals surface area contributed by atoms with Gasteiger partial charge in [-0.1, -0.05) is 30.3 Å². The van der Waals surface area contributed by atoms with Crippen LogP contribution in [0.5, 0.6) is 0 Å². The first-order valence-corrected chi connectivity index (χ1v) is 8.51. The summed E-state index contributed by atoms with van der Waals surface area (Å²) in [4.78, 5) is 12.2. The van der Waals surface area contributed by atoms with E-state index < -0.39 is 0 Å². The fourth-order valence-corrected chi connectivity index (χ4v) is 3.74. The van der Waals surface area contributed by atoms with E-state index in [1.54, 1.807) is 0 Å². The maximum atomic E-state index is 12.2. The lowest BCUT2D eigenvalue weighted by molar-refractivity contribution is -0.116. The zero-order chi connectivity index (χ0) is 15.6. The average molecular weight is 343 g/mol. The van der Waals surface area contributed by atoms with Gasteiger partial charge in [-0.3, -0.25) is 4.79 Å². The van der Waals surface area contributed by atoms with Crippen molar-refractivity contribution in [3.63, 3.8) is 0 Å². The monoisotopic (exact) mass is 342 g/mol. The predicted octanol–water partition coefficient (Wildman–Crippen LogP) is 4.01. The molecule has 1 fully saturated rings. The first-order valence-electron chi connectivity index (χ1n) is 8.51. The van der Waals surface area contributed by atoms with E-state index in [1.807, 2.05) is 6.07 Å². The van der Waals surface area contributed by atoms with Gasteiger partial charge in [0.25, 0.3) is 0 Å². The molecule has 2 aliphatic rings. The molecule has 3 nitrogen and oxygen atoms in total. The van der Waals surface area contributed by atoms with Crippen LogP contribution in [0.4, 0.5) is 5.69 Å². The van der Waals surface area contributed by atoms with Crippen LogP contribution in [0, 0.1) is 5.92 Å². The Balaban J connectivity index is 0.00000169. The van der Waals surface area contributed by atoms with E-state index in [0.717, 1.165) is 31.6 Å². The van der Waals surface area contributed by atoms with Crippen molar-refractivity contribution >= 4 is 24.0 Å². The molecule has 126 valence electrons. The summed E-state index contributed by atoms with van der Waals surface area (Å²) >= 11 is 0. The molecule has 1 aliphatic carbocycles. The second-order valence-electron chi connectivity index (χ2n) is 6.65. The summed E-state index contributed by atoms with van der Waals surface area (Å²) in [5.74, 6) is 0.794. The van der Waals surface area contributed by atoms with Crippen molar-refractivity contribution in [3.05, 3.63) is 53.6 Å². The summed E-state index contributed by atoms with van der Waals surface area (Å²) in [5.41, 5.74) is 6.24. The van der Waals surface area contributed by atoms with Crippen molar-refractivity contribution in [1.82, 2.24) is 5.32 Å². The van der Waals surface area contributed by atoms with E-state index in [0.29, 0.717) is 12.3 Å². The van der Waals surface area contributed by atoms with Crippen LogP contribution >= 0.6 is 12.4 Å². The fraction of sp³-hybridized carbons (Fsp3) is 0.350. The van der Waals surface area contributed by atoms with Gasteiger partial charge >= 0.3 is 0 Å². The number of carbonyl (C=O) groups is 1. The minimum Gasteiger partial charge on any atom is -0.326 e. The van der Waals surface area contributed by atoms with Crippen LogP contribution in [-0.2, 0) is 11.2 Å². The van der Waals surface area contributed by atoms with Gasteiger partial charge in [0.2, 0.25) is 5.91 Å². The lowest BCUT2D eigenvalue weighted by atomic mass is 10.0. The molecule has 2 N–H and O–H groups in total. The second kappa shape index (κ2) is 7.37. The number of fused-ring (bicyclic) bond motifs is 3. The fourth-order valence-electron chi connectivity index (χ4n) is 3.74. The molecule has 1 heterocycles. The standard InChI is InChI=1S/C20H22N2O.ClH/c23-20(8-5-14-9-10-21-13-14)22-17-6-7-19-16(12-17)11-15-3-1-2-4-18(15)19;/h1-4,6-7,12,14,21H,5,8-11,13H2,(H,22,23);1H. The molecule has 2 aromatic rings. The van der Waals surface area contributed by atoms with E-state index in [-0.39, 0.29) is 18.3 Å². The molecule has 1 unspecified atom stereocenters. The summed E-state index contributed by atoms with van der Waals surface area (Å²) in [6.07, 6.45) is 3.76. The Morgan fingerprint density at radius 1 is 1.12 bits per heavy atom. The number of rotatable bonds is 4. The number of carbonyl (C=O) groups excluding carboxylic acids is 1. The molecule has 0 aromatic heterocycles. The van der Waals surface area contributed by atoms with Gasteiger partial charge in [0.05, 0.1) is 0 Å². The molecule has 24 heavy (non-hydrogen) atoms. The van der Waals surface area contributed by atoms with Crippen LogP contribution in [0.25, 0.3) is 11.1 Å². The van der Waals surface area contributed by atoms with Gasteiger partial charge in [0, 0.05) is 12.1 Å². The number of benzene rings is 2. The number of anilines is 1. The minimum atomic E-state index is 0. The highest BCUT2D eigenvalue weighted by molar-refractivity contribution is 5.91. The topological polar surface area (TPSA) is 41.1 Å². The van der Waals surface area contributed by atoms with Crippen molar-refractivity contribution in [1.29, 1.82) is 0 Å². The quantitative estimate of drug-likeness (QED) is 0.752. The molecular weight excluding hydrogens is 320 g/mol. The SMILES string of the molecule is Cl.O=C(CCC1CCNC1)Nc1ccc2c(c1)Cc1ccccc1-2. The Kier molecular flexibility index (Phi) is 5.22.